The smallest absolute Gasteiger partial charge is 0.236 e. The fourth-order valence-corrected chi connectivity index (χ4v) is 3.89. The number of hydrogen-bond acceptors (Lipinski definition) is 4. The number of anilines is 1. The molecule has 0 unspecified atom stereocenters. The molecule has 2 aromatic carbocycles. The van der Waals surface area contributed by atoms with Crippen molar-refractivity contribution in [2.45, 2.75) is 25.2 Å². The number of nitrogens with one attached hydrogen (secondary N) is 1. The first kappa shape index (κ1) is 18.0. The van der Waals surface area contributed by atoms with E-state index in [4.69, 9.17) is 21.1 Å². The molecule has 1 N–H and O–H groups in total. The van der Waals surface area contributed by atoms with Gasteiger partial charge in [0.15, 0.2) is 11.5 Å². The highest BCUT2D eigenvalue weighted by Gasteiger charge is 2.51. The number of carbonyl (C=O) groups excluding carboxylic acids is 1. The van der Waals surface area contributed by atoms with Crippen molar-refractivity contribution in [2.75, 3.05) is 12.1 Å². The van der Waals surface area contributed by atoms with E-state index in [1.807, 2.05) is 61.5 Å². The maximum atomic E-state index is 13.1. The number of amides is 1. The van der Waals surface area contributed by atoms with Gasteiger partial charge in [0.2, 0.25) is 12.7 Å². The quantitative estimate of drug-likeness (QED) is 0.631. The van der Waals surface area contributed by atoms with Gasteiger partial charge in [0.1, 0.15) is 5.82 Å². The third-order valence-corrected chi connectivity index (χ3v) is 5.84. The Bertz CT molecular complexity index is 1110. The third-order valence-electron chi connectivity index (χ3n) is 5.59. The minimum absolute atomic E-state index is 0. The molecular weight excluding hydrogens is 388 g/mol. The van der Waals surface area contributed by atoms with Gasteiger partial charge in [0.25, 0.3) is 0 Å². The van der Waals surface area contributed by atoms with E-state index >= 15 is 0 Å². The van der Waals surface area contributed by atoms with E-state index in [9.17, 15) is 4.79 Å². The monoisotopic (exact) mass is 408 g/mol. The number of nitrogens with zero attached hydrogens (tertiary/aromatic N) is 1. The molecule has 0 radical (unpaired) electrons. The molecular formula is C23H21ClN2O3. The Hall–Kier alpha value is -3.05. The molecule has 6 heteroatoms. The van der Waals surface area contributed by atoms with Crippen molar-refractivity contribution in [3.8, 4) is 22.6 Å². The average molecular weight is 409 g/mol. The van der Waals surface area contributed by atoms with Crippen LogP contribution in [0.15, 0.2) is 54.6 Å². The molecule has 1 aromatic heterocycles. The minimum Gasteiger partial charge on any atom is -0.454 e. The molecule has 1 aliphatic carbocycles. The van der Waals surface area contributed by atoms with Crippen molar-refractivity contribution in [3.63, 3.8) is 0 Å². The lowest BCUT2D eigenvalue weighted by atomic mass is 9.94. The van der Waals surface area contributed by atoms with E-state index in [1.54, 1.807) is 0 Å². The molecule has 0 bridgehead atoms. The minimum atomic E-state index is -0.522. The number of halogens is 1. The van der Waals surface area contributed by atoms with Gasteiger partial charge in [-0.2, -0.15) is 0 Å². The summed E-state index contributed by atoms with van der Waals surface area (Å²) in [5, 5.41) is 3.69. The molecule has 0 atom stereocenters. The predicted octanol–water partition coefficient (Wildman–Crippen LogP) is 5.36. The van der Waals surface area contributed by atoms with Crippen molar-refractivity contribution in [3.05, 3.63) is 70.9 Å². The van der Waals surface area contributed by atoms with Crippen LogP contribution in [0, 0.1) is 6.92 Å². The molecule has 1 fully saturated rings. The highest BCUT2D eigenvalue weighted by atomic mass is 35.5. The van der Waals surface area contributed by atoms with E-state index < -0.39 is 5.41 Å². The summed E-state index contributed by atoms with van der Waals surface area (Å²) >= 11 is 5.97. The first-order valence-electron chi connectivity index (χ1n) is 9.50. The van der Waals surface area contributed by atoms with Gasteiger partial charge < -0.3 is 14.8 Å². The molecule has 1 amide bonds. The average Bonchev–Trinajstić information content (AvgIpc) is 3.40. The van der Waals surface area contributed by atoms with Crippen LogP contribution in [0.2, 0.25) is 5.02 Å². The van der Waals surface area contributed by atoms with Gasteiger partial charge in [0, 0.05) is 17.7 Å². The molecule has 1 saturated carbocycles. The fourth-order valence-electron chi connectivity index (χ4n) is 3.77. The van der Waals surface area contributed by atoms with E-state index in [1.165, 1.54) is 0 Å². The van der Waals surface area contributed by atoms with Gasteiger partial charge in [-0.05, 0) is 67.3 Å². The molecule has 148 valence electrons. The SMILES string of the molecule is Cc1nc(NC(=O)C2(c3ccc4c(c3)OCO4)CC2)ccc1-c1ccc(Cl)cc1.[HH]. The number of fused-ring (bicyclic) bond motifs is 1. The number of rotatable bonds is 4. The maximum Gasteiger partial charge on any atom is 0.236 e. The summed E-state index contributed by atoms with van der Waals surface area (Å²) in [4.78, 5) is 17.7. The van der Waals surface area contributed by atoms with Gasteiger partial charge >= 0.3 is 0 Å². The number of benzene rings is 2. The number of aromatic nitrogens is 1. The highest BCUT2D eigenvalue weighted by molar-refractivity contribution is 6.30. The van der Waals surface area contributed by atoms with Gasteiger partial charge in [0.05, 0.1) is 5.41 Å². The lowest BCUT2D eigenvalue weighted by Gasteiger charge is -2.16. The number of carbonyl (C=O) groups is 1. The molecule has 29 heavy (non-hydrogen) atoms. The van der Waals surface area contributed by atoms with E-state index in [-0.39, 0.29) is 14.1 Å². The topological polar surface area (TPSA) is 60.5 Å². The zero-order valence-corrected chi connectivity index (χ0v) is 16.6. The number of ether oxygens (including phenoxy) is 2. The summed E-state index contributed by atoms with van der Waals surface area (Å²) < 4.78 is 10.8. The Morgan fingerprint density at radius 1 is 1.07 bits per heavy atom. The van der Waals surface area contributed by atoms with Gasteiger partial charge in [-0.3, -0.25) is 4.79 Å². The normalized spacial score (nSPS) is 15.8. The highest BCUT2D eigenvalue weighted by Crippen LogP contribution is 2.51. The predicted molar refractivity (Wildman–Crippen MR) is 114 cm³/mol. The summed E-state index contributed by atoms with van der Waals surface area (Å²) in [5.41, 5.74) is 3.32. The van der Waals surface area contributed by atoms with Crippen molar-refractivity contribution < 1.29 is 15.7 Å². The Morgan fingerprint density at radius 3 is 2.55 bits per heavy atom. The number of hydrogen-bond donors (Lipinski definition) is 1. The Kier molecular flexibility index (Phi) is 4.21. The Labute approximate surface area is 175 Å². The van der Waals surface area contributed by atoms with Crippen LogP contribution in [-0.2, 0) is 10.2 Å². The van der Waals surface area contributed by atoms with E-state index in [2.05, 4.69) is 10.3 Å². The second kappa shape index (κ2) is 6.78. The van der Waals surface area contributed by atoms with Crippen LogP contribution in [0.25, 0.3) is 11.1 Å². The van der Waals surface area contributed by atoms with Crippen LogP contribution in [0.4, 0.5) is 5.82 Å². The molecule has 0 saturated heterocycles. The Morgan fingerprint density at radius 2 is 1.83 bits per heavy atom. The molecule has 0 spiro atoms. The van der Waals surface area contributed by atoms with Crippen LogP contribution in [0.1, 0.15) is 25.5 Å². The molecule has 2 aliphatic rings. The summed E-state index contributed by atoms with van der Waals surface area (Å²) in [6.45, 7) is 2.16. The van der Waals surface area contributed by atoms with Crippen LogP contribution < -0.4 is 14.8 Å². The lowest BCUT2D eigenvalue weighted by Crippen LogP contribution is -2.28. The Balaban J connectivity index is 0.00000218. The fraction of sp³-hybridized carbons (Fsp3) is 0.217. The second-order valence-electron chi connectivity index (χ2n) is 7.44. The van der Waals surface area contributed by atoms with Gasteiger partial charge in [-0.15, -0.1) is 0 Å². The van der Waals surface area contributed by atoms with E-state index in [0.717, 1.165) is 41.0 Å². The maximum absolute atomic E-state index is 13.1. The first-order chi connectivity index (χ1) is 14.0. The number of pyridine rings is 1. The van der Waals surface area contributed by atoms with Crippen molar-refractivity contribution in [1.29, 1.82) is 0 Å². The number of aryl methyl sites for hydroxylation is 1. The lowest BCUT2D eigenvalue weighted by molar-refractivity contribution is -0.118. The summed E-state index contributed by atoms with van der Waals surface area (Å²) in [7, 11) is 0. The largest absolute Gasteiger partial charge is 0.454 e. The molecule has 3 aromatic rings. The standard InChI is InChI=1S/C23H19ClN2O3.H2/c1-14-18(15-2-5-17(24)6-3-15)7-9-21(25-14)26-22(27)23(10-11-23)16-4-8-19-20(12-16)29-13-28-19;/h2-9,12H,10-11,13H2,1H3,(H,25,26,27);1H. The van der Waals surface area contributed by atoms with E-state index in [0.29, 0.717) is 16.6 Å². The van der Waals surface area contributed by atoms with Crippen LogP contribution >= 0.6 is 11.6 Å². The molecule has 5 rings (SSSR count). The first-order valence-corrected chi connectivity index (χ1v) is 9.88. The van der Waals surface area contributed by atoms with Crippen LogP contribution in [0.3, 0.4) is 0 Å². The van der Waals surface area contributed by atoms with Gasteiger partial charge in [-0.25, -0.2) is 4.98 Å². The zero-order chi connectivity index (χ0) is 20.0. The third kappa shape index (κ3) is 3.21. The molecule has 5 nitrogen and oxygen atoms in total. The van der Waals surface area contributed by atoms with Crippen molar-refractivity contribution in [2.24, 2.45) is 0 Å². The van der Waals surface area contributed by atoms with Gasteiger partial charge in [-0.1, -0.05) is 29.8 Å². The zero-order valence-electron chi connectivity index (χ0n) is 15.9. The van der Waals surface area contributed by atoms with Crippen LogP contribution in [-0.4, -0.2) is 17.7 Å². The molecule has 2 heterocycles. The molecule has 1 aliphatic heterocycles. The second-order valence-corrected chi connectivity index (χ2v) is 7.88. The van der Waals surface area contributed by atoms with Crippen molar-refractivity contribution >= 4 is 23.3 Å². The summed E-state index contributed by atoms with van der Waals surface area (Å²) in [6.07, 6.45) is 1.61. The van der Waals surface area contributed by atoms with Crippen LogP contribution in [0.5, 0.6) is 11.5 Å². The summed E-state index contributed by atoms with van der Waals surface area (Å²) in [5.74, 6) is 1.93. The van der Waals surface area contributed by atoms with Crippen molar-refractivity contribution in [1.82, 2.24) is 4.98 Å². The summed E-state index contributed by atoms with van der Waals surface area (Å²) in [6, 6.07) is 17.2.